The van der Waals surface area contributed by atoms with E-state index in [9.17, 15) is 12.8 Å². The van der Waals surface area contributed by atoms with Gasteiger partial charge in [0.2, 0.25) is 10.0 Å². The molecular weight excluding hydrogens is 293 g/mol. The summed E-state index contributed by atoms with van der Waals surface area (Å²) in [6.07, 6.45) is 0.949. The highest BCUT2D eigenvalue weighted by molar-refractivity contribution is 7.89. The summed E-state index contributed by atoms with van der Waals surface area (Å²) in [5.74, 6) is -0.559. The molecule has 1 aromatic carbocycles. The van der Waals surface area contributed by atoms with E-state index in [1.54, 1.807) is 0 Å². The third-order valence-corrected chi connectivity index (χ3v) is 5.31. The fraction of sp³-hybridized carbons (Fsp3) is 0.571. The van der Waals surface area contributed by atoms with Crippen LogP contribution in [0, 0.1) is 11.7 Å². The van der Waals surface area contributed by atoms with Crippen LogP contribution in [0.15, 0.2) is 23.1 Å². The Balaban J connectivity index is 1.99. The van der Waals surface area contributed by atoms with Gasteiger partial charge in [-0.05, 0) is 50.9 Å². The smallest absolute Gasteiger partial charge is 0.243 e. The van der Waals surface area contributed by atoms with E-state index in [-0.39, 0.29) is 16.5 Å². The molecule has 0 aromatic heterocycles. The Morgan fingerprint density at radius 3 is 2.76 bits per heavy atom. The number of hydrogen-bond acceptors (Lipinski definition) is 4. The standard InChI is InChI=1S/C14H22FN3O2S/c1-10(2)18-6-5-11(9-18)8-17-21(19,20)14-4-3-12(16)7-13(14)15/h3-4,7,10-11,17H,5-6,8-9,16H2,1-2H3. The van der Waals surface area contributed by atoms with Gasteiger partial charge in [0.15, 0.2) is 0 Å². The van der Waals surface area contributed by atoms with Crippen LogP contribution in [0.5, 0.6) is 0 Å². The zero-order valence-electron chi connectivity index (χ0n) is 12.3. The molecule has 3 N–H and O–H groups in total. The van der Waals surface area contributed by atoms with Crippen LogP contribution < -0.4 is 10.5 Å². The number of anilines is 1. The first-order valence-electron chi connectivity index (χ1n) is 7.08. The van der Waals surface area contributed by atoms with Crippen molar-refractivity contribution in [2.75, 3.05) is 25.4 Å². The minimum Gasteiger partial charge on any atom is -0.399 e. The minimum absolute atomic E-state index is 0.204. The second-order valence-corrected chi connectivity index (χ2v) is 7.52. The maximum atomic E-state index is 13.7. The molecule has 1 saturated heterocycles. The molecule has 0 aliphatic carbocycles. The minimum atomic E-state index is -3.83. The van der Waals surface area contributed by atoms with Crippen LogP contribution in [0.25, 0.3) is 0 Å². The van der Waals surface area contributed by atoms with Crippen molar-refractivity contribution in [3.05, 3.63) is 24.0 Å². The van der Waals surface area contributed by atoms with Crippen LogP contribution in [0.4, 0.5) is 10.1 Å². The number of hydrogen-bond donors (Lipinski definition) is 2. The molecule has 0 radical (unpaired) electrons. The fourth-order valence-electron chi connectivity index (χ4n) is 2.54. The number of nitrogens with one attached hydrogen (secondary N) is 1. The first-order chi connectivity index (χ1) is 9.79. The number of halogens is 1. The lowest BCUT2D eigenvalue weighted by molar-refractivity contribution is 0.265. The summed E-state index contributed by atoms with van der Waals surface area (Å²) in [4.78, 5) is 1.96. The second-order valence-electron chi connectivity index (χ2n) is 5.79. The molecule has 0 spiro atoms. The van der Waals surface area contributed by atoms with E-state index in [0.29, 0.717) is 12.6 Å². The molecule has 1 aliphatic rings. The van der Waals surface area contributed by atoms with Crippen molar-refractivity contribution in [1.29, 1.82) is 0 Å². The number of benzene rings is 1. The highest BCUT2D eigenvalue weighted by atomic mass is 32.2. The van der Waals surface area contributed by atoms with Crippen molar-refractivity contribution in [2.45, 2.75) is 31.2 Å². The largest absolute Gasteiger partial charge is 0.399 e. The van der Waals surface area contributed by atoms with Gasteiger partial charge in [0.1, 0.15) is 10.7 Å². The number of nitrogen functional groups attached to an aromatic ring is 1. The second kappa shape index (κ2) is 6.29. The molecule has 1 unspecified atom stereocenters. The van der Waals surface area contributed by atoms with E-state index in [0.717, 1.165) is 25.6 Å². The Morgan fingerprint density at radius 2 is 2.19 bits per heavy atom. The number of sulfonamides is 1. The van der Waals surface area contributed by atoms with E-state index in [2.05, 4.69) is 23.5 Å². The zero-order chi connectivity index (χ0) is 15.6. The van der Waals surface area contributed by atoms with Gasteiger partial charge in [-0.1, -0.05) is 0 Å². The summed E-state index contributed by atoms with van der Waals surface area (Å²) in [6, 6.07) is 4.06. The van der Waals surface area contributed by atoms with Crippen LogP contribution in [-0.4, -0.2) is 39.0 Å². The summed E-state index contributed by atoms with van der Waals surface area (Å²) in [5, 5.41) is 0. The molecule has 5 nitrogen and oxygen atoms in total. The van der Waals surface area contributed by atoms with Gasteiger partial charge in [-0.3, -0.25) is 0 Å². The normalized spacial score (nSPS) is 20.3. The van der Waals surface area contributed by atoms with Crippen LogP contribution in [0.1, 0.15) is 20.3 Å². The summed E-state index contributed by atoms with van der Waals surface area (Å²) in [7, 11) is -3.83. The molecule has 1 heterocycles. The third-order valence-electron chi connectivity index (χ3n) is 3.86. The van der Waals surface area contributed by atoms with Gasteiger partial charge < -0.3 is 10.6 Å². The van der Waals surface area contributed by atoms with Crippen molar-refractivity contribution >= 4 is 15.7 Å². The molecule has 0 bridgehead atoms. The molecule has 7 heteroatoms. The Kier molecular flexibility index (Phi) is 4.85. The molecule has 0 amide bonds. The number of nitrogens with zero attached hydrogens (tertiary/aromatic N) is 1. The highest BCUT2D eigenvalue weighted by Crippen LogP contribution is 2.20. The van der Waals surface area contributed by atoms with Gasteiger partial charge in [-0.15, -0.1) is 0 Å². The van der Waals surface area contributed by atoms with E-state index in [4.69, 9.17) is 5.73 Å². The summed E-state index contributed by atoms with van der Waals surface area (Å²) in [6.45, 7) is 6.41. The molecule has 1 aromatic rings. The van der Waals surface area contributed by atoms with Crippen LogP contribution in [0.2, 0.25) is 0 Å². The Labute approximate surface area is 125 Å². The van der Waals surface area contributed by atoms with Gasteiger partial charge in [0.25, 0.3) is 0 Å². The average molecular weight is 315 g/mol. The lowest BCUT2D eigenvalue weighted by Gasteiger charge is -2.20. The maximum absolute atomic E-state index is 13.7. The molecular formula is C14H22FN3O2S. The summed E-state index contributed by atoms with van der Waals surface area (Å²) in [5.41, 5.74) is 5.63. The highest BCUT2D eigenvalue weighted by Gasteiger charge is 2.26. The van der Waals surface area contributed by atoms with Gasteiger partial charge in [-0.2, -0.15) is 0 Å². The number of nitrogens with two attached hydrogens (primary N) is 1. The quantitative estimate of drug-likeness (QED) is 0.806. The monoisotopic (exact) mass is 315 g/mol. The predicted octanol–water partition coefficient (Wildman–Crippen LogP) is 1.42. The lowest BCUT2D eigenvalue weighted by atomic mass is 10.1. The summed E-state index contributed by atoms with van der Waals surface area (Å²) < 4.78 is 40.5. The van der Waals surface area contributed by atoms with Crippen LogP contribution in [0.3, 0.4) is 0 Å². The van der Waals surface area contributed by atoms with Crippen molar-refractivity contribution in [2.24, 2.45) is 5.92 Å². The fourth-order valence-corrected chi connectivity index (χ4v) is 3.71. The number of likely N-dealkylation sites (tertiary alicyclic amines) is 1. The van der Waals surface area contributed by atoms with Gasteiger partial charge >= 0.3 is 0 Å². The van der Waals surface area contributed by atoms with Crippen LogP contribution in [-0.2, 0) is 10.0 Å². The van der Waals surface area contributed by atoms with E-state index in [1.807, 2.05) is 0 Å². The molecule has 0 saturated carbocycles. The van der Waals surface area contributed by atoms with E-state index >= 15 is 0 Å². The SMILES string of the molecule is CC(C)N1CCC(CNS(=O)(=O)c2ccc(N)cc2F)C1. The van der Waals surface area contributed by atoms with Crippen molar-refractivity contribution < 1.29 is 12.8 Å². The lowest BCUT2D eigenvalue weighted by Crippen LogP contribution is -2.33. The third kappa shape index (κ3) is 3.93. The molecule has 1 fully saturated rings. The Hall–Kier alpha value is -1.18. The van der Waals surface area contributed by atoms with Crippen molar-refractivity contribution in [3.8, 4) is 0 Å². The van der Waals surface area contributed by atoms with Gasteiger partial charge in [0.05, 0.1) is 0 Å². The van der Waals surface area contributed by atoms with Gasteiger partial charge in [-0.25, -0.2) is 17.5 Å². The van der Waals surface area contributed by atoms with Crippen LogP contribution >= 0.6 is 0 Å². The Bertz CT molecular complexity index is 604. The van der Waals surface area contributed by atoms with Crippen molar-refractivity contribution in [3.63, 3.8) is 0 Å². The molecule has 2 rings (SSSR count). The number of rotatable bonds is 5. The van der Waals surface area contributed by atoms with Crippen molar-refractivity contribution in [1.82, 2.24) is 9.62 Å². The summed E-state index contributed by atoms with van der Waals surface area (Å²) >= 11 is 0. The first kappa shape index (κ1) is 16.2. The predicted molar refractivity (Wildman–Crippen MR) is 80.8 cm³/mol. The first-order valence-corrected chi connectivity index (χ1v) is 8.56. The zero-order valence-corrected chi connectivity index (χ0v) is 13.2. The van der Waals surface area contributed by atoms with E-state index in [1.165, 1.54) is 12.1 Å². The topological polar surface area (TPSA) is 75.4 Å². The molecule has 118 valence electrons. The van der Waals surface area contributed by atoms with E-state index < -0.39 is 15.8 Å². The maximum Gasteiger partial charge on any atom is 0.243 e. The molecule has 1 atom stereocenters. The molecule has 1 aliphatic heterocycles. The Morgan fingerprint density at radius 1 is 1.48 bits per heavy atom. The average Bonchev–Trinajstić information content (AvgIpc) is 2.85. The molecule has 21 heavy (non-hydrogen) atoms. The van der Waals surface area contributed by atoms with Gasteiger partial charge in [0, 0.05) is 24.8 Å².